The number of carbonyl (C=O) groups is 2. The SMILES string of the molecule is CCOC(=O)c1cc(-c2ccc(OC)cc2)n(C2CCN(C(=O)c3ccc(Cl)c(Cl)c3)CC2)n1. The first kappa shape index (κ1) is 24.1. The lowest BCUT2D eigenvalue weighted by molar-refractivity contribution is 0.0517. The van der Waals surface area contributed by atoms with E-state index in [0.29, 0.717) is 41.5 Å². The Morgan fingerprint density at radius 2 is 1.74 bits per heavy atom. The molecule has 7 nitrogen and oxygen atoms in total. The third kappa shape index (κ3) is 5.05. The van der Waals surface area contributed by atoms with E-state index >= 15 is 0 Å². The van der Waals surface area contributed by atoms with E-state index in [1.807, 2.05) is 28.9 Å². The van der Waals surface area contributed by atoms with Crippen molar-refractivity contribution in [3.05, 3.63) is 69.8 Å². The molecule has 1 aliphatic heterocycles. The van der Waals surface area contributed by atoms with Crippen molar-refractivity contribution in [1.82, 2.24) is 14.7 Å². The first-order valence-electron chi connectivity index (χ1n) is 11.1. The van der Waals surface area contributed by atoms with Crippen LogP contribution in [0.25, 0.3) is 11.3 Å². The summed E-state index contributed by atoms with van der Waals surface area (Å²) in [4.78, 5) is 27.1. The number of esters is 1. The fraction of sp³-hybridized carbons (Fsp3) is 0.320. The minimum atomic E-state index is -0.455. The molecule has 9 heteroatoms. The maximum atomic E-state index is 12.9. The van der Waals surface area contributed by atoms with Gasteiger partial charge in [0.15, 0.2) is 5.69 Å². The van der Waals surface area contributed by atoms with Gasteiger partial charge >= 0.3 is 5.97 Å². The van der Waals surface area contributed by atoms with Gasteiger partial charge in [0.2, 0.25) is 0 Å². The zero-order valence-electron chi connectivity index (χ0n) is 19.0. The molecule has 0 N–H and O–H groups in total. The van der Waals surface area contributed by atoms with Crippen molar-refractivity contribution in [3.8, 4) is 17.0 Å². The van der Waals surface area contributed by atoms with E-state index in [-0.39, 0.29) is 24.2 Å². The summed E-state index contributed by atoms with van der Waals surface area (Å²) in [6.45, 7) is 3.15. The van der Waals surface area contributed by atoms with Crippen molar-refractivity contribution in [2.24, 2.45) is 0 Å². The molecular formula is C25H25Cl2N3O4. The number of benzene rings is 2. The van der Waals surface area contributed by atoms with Crippen LogP contribution in [0.5, 0.6) is 5.75 Å². The van der Waals surface area contributed by atoms with E-state index in [4.69, 9.17) is 32.7 Å². The van der Waals surface area contributed by atoms with Crippen LogP contribution in [0.2, 0.25) is 10.0 Å². The molecule has 3 aromatic rings. The maximum absolute atomic E-state index is 12.9. The summed E-state index contributed by atoms with van der Waals surface area (Å²) in [6.07, 6.45) is 1.39. The Morgan fingerprint density at radius 1 is 1.03 bits per heavy atom. The predicted molar refractivity (Wildman–Crippen MR) is 131 cm³/mol. The van der Waals surface area contributed by atoms with Gasteiger partial charge in [0.05, 0.1) is 35.5 Å². The van der Waals surface area contributed by atoms with Crippen LogP contribution < -0.4 is 4.74 Å². The van der Waals surface area contributed by atoms with E-state index < -0.39 is 5.97 Å². The smallest absolute Gasteiger partial charge is 0.358 e. The molecule has 4 rings (SSSR count). The standard InChI is InChI=1S/C25H25Cl2N3O4/c1-3-34-25(32)22-15-23(16-4-7-19(33-2)8-5-16)30(28-22)18-10-12-29(13-11-18)24(31)17-6-9-20(26)21(27)14-17/h4-9,14-15,18H,3,10-13H2,1-2H3. The van der Waals surface area contributed by atoms with Crippen molar-refractivity contribution in [3.63, 3.8) is 0 Å². The number of ether oxygens (including phenoxy) is 2. The number of amides is 1. The Balaban J connectivity index is 1.55. The number of nitrogens with zero attached hydrogens (tertiary/aromatic N) is 3. The molecule has 2 aromatic carbocycles. The van der Waals surface area contributed by atoms with Gasteiger partial charge in [-0.2, -0.15) is 5.10 Å². The minimum Gasteiger partial charge on any atom is -0.497 e. The fourth-order valence-electron chi connectivity index (χ4n) is 4.08. The van der Waals surface area contributed by atoms with E-state index in [9.17, 15) is 9.59 Å². The van der Waals surface area contributed by atoms with Crippen LogP contribution in [0.1, 0.15) is 46.7 Å². The lowest BCUT2D eigenvalue weighted by Crippen LogP contribution is -2.39. The van der Waals surface area contributed by atoms with E-state index in [1.54, 1.807) is 43.2 Å². The lowest BCUT2D eigenvalue weighted by Gasteiger charge is -2.33. The van der Waals surface area contributed by atoms with Gasteiger partial charge in [-0.15, -0.1) is 0 Å². The highest BCUT2D eigenvalue weighted by atomic mass is 35.5. The normalized spacial score (nSPS) is 14.2. The molecule has 1 aromatic heterocycles. The summed E-state index contributed by atoms with van der Waals surface area (Å²) in [6, 6.07) is 14.3. The first-order chi connectivity index (χ1) is 16.4. The molecule has 0 atom stereocenters. The van der Waals surface area contributed by atoms with Gasteiger partial charge in [-0.05, 0) is 68.3 Å². The predicted octanol–water partition coefficient (Wildman–Crippen LogP) is 5.52. The Bertz CT molecular complexity index is 1190. The minimum absolute atomic E-state index is 0.0260. The van der Waals surface area contributed by atoms with Gasteiger partial charge in [-0.3, -0.25) is 9.48 Å². The molecule has 34 heavy (non-hydrogen) atoms. The highest BCUT2D eigenvalue weighted by Gasteiger charge is 2.28. The zero-order chi connectivity index (χ0) is 24.2. The number of methoxy groups -OCH3 is 1. The van der Waals surface area contributed by atoms with Gasteiger partial charge in [0.1, 0.15) is 5.75 Å². The Kier molecular flexibility index (Phi) is 7.44. The highest BCUT2D eigenvalue weighted by Crippen LogP contribution is 2.31. The number of carbonyl (C=O) groups excluding carboxylic acids is 2. The first-order valence-corrected chi connectivity index (χ1v) is 11.8. The molecule has 0 bridgehead atoms. The number of hydrogen-bond acceptors (Lipinski definition) is 5. The van der Waals surface area contributed by atoms with Crippen LogP contribution in [0.3, 0.4) is 0 Å². The van der Waals surface area contributed by atoms with Gasteiger partial charge in [-0.25, -0.2) is 4.79 Å². The fourth-order valence-corrected chi connectivity index (χ4v) is 4.38. The van der Waals surface area contributed by atoms with Gasteiger partial charge in [-0.1, -0.05) is 23.2 Å². The second kappa shape index (κ2) is 10.5. The molecule has 0 aliphatic carbocycles. The number of aromatic nitrogens is 2. The van der Waals surface area contributed by atoms with Crippen LogP contribution >= 0.6 is 23.2 Å². The molecule has 1 fully saturated rings. The van der Waals surface area contributed by atoms with E-state index in [1.165, 1.54) is 0 Å². The molecule has 0 radical (unpaired) electrons. The molecule has 2 heterocycles. The van der Waals surface area contributed by atoms with Crippen molar-refractivity contribution in [1.29, 1.82) is 0 Å². The summed E-state index contributed by atoms with van der Waals surface area (Å²) < 4.78 is 12.3. The maximum Gasteiger partial charge on any atom is 0.358 e. The van der Waals surface area contributed by atoms with Gasteiger partial charge in [0, 0.05) is 24.2 Å². The average Bonchev–Trinajstić information content (AvgIpc) is 3.31. The second-order valence-corrected chi connectivity index (χ2v) is 8.78. The summed E-state index contributed by atoms with van der Waals surface area (Å²) >= 11 is 12.1. The van der Waals surface area contributed by atoms with Crippen LogP contribution in [0, 0.1) is 0 Å². The summed E-state index contributed by atoms with van der Waals surface area (Å²) in [5.41, 5.74) is 2.51. The molecule has 1 saturated heterocycles. The summed E-state index contributed by atoms with van der Waals surface area (Å²) in [5, 5.41) is 5.37. The zero-order valence-corrected chi connectivity index (χ0v) is 20.5. The lowest BCUT2D eigenvalue weighted by atomic mass is 10.0. The third-order valence-electron chi connectivity index (χ3n) is 5.87. The van der Waals surface area contributed by atoms with E-state index in [2.05, 4.69) is 5.10 Å². The van der Waals surface area contributed by atoms with Crippen molar-refractivity contribution < 1.29 is 19.1 Å². The average molecular weight is 502 g/mol. The van der Waals surface area contributed by atoms with Crippen LogP contribution in [-0.2, 0) is 4.74 Å². The highest BCUT2D eigenvalue weighted by molar-refractivity contribution is 6.42. The monoisotopic (exact) mass is 501 g/mol. The number of halogens is 2. The van der Waals surface area contributed by atoms with Crippen molar-refractivity contribution >= 4 is 35.1 Å². The number of hydrogen-bond donors (Lipinski definition) is 0. The van der Waals surface area contributed by atoms with Crippen LogP contribution in [0.4, 0.5) is 0 Å². The third-order valence-corrected chi connectivity index (χ3v) is 6.61. The molecule has 1 amide bonds. The molecule has 178 valence electrons. The van der Waals surface area contributed by atoms with Gasteiger partial charge < -0.3 is 14.4 Å². The quantitative estimate of drug-likeness (QED) is 0.415. The van der Waals surface area contributed by atoms with E-state index in [0.717, 1.165) is 17.0 Å². The molecule has 0 unspecified atom stereocenters. The van der Waals surface area contributed by atoms with Crippen molar-refractivity contribution in [2.75, 3.05) is 26.8 Å². The topological polar surface area (TPSA) is 73.7 Å². The van der Waals surface area contributed by atoms with Crippen molar-refractivity contribution in [2.45, 2.75) is 25.8 Å². The Morgan fingerprint density at radius 3 is 2.35 bits per heavy atom. The molecular weight excluding hydrogens is 477 g/mol. The second-order valence-electron chi connectivity index (χ2n) is 7.96. The van der Waals surface area contributed by atoms with Crippen LogP contribution in [0.15, 0.2) is 48.5 Å². The molecule has 0 spiro atoms. The van der Waals surface area contributed by atoms with Gasteiger partial charge in [0.25, 0.3) is 5.91 Å². The van der Waals surface area contributed by atoms with Crippen LogP contribution in [-0.4, -0.2) is 53.4 Å². The Labute approximate surface area is 208 Å². The largest absolute Gasteiger partial charge is 0.497 e. The summed E-state index contributed by atoms with van der Waals surface area (Å²) in [5.74, 6) is 0.206. The number of piperidine rings is 1. The molecule has 0 saturated carbocycles. The number of rotatable bonds is 6. The summed E-state index contributed by atoms with van der Waals surface area (Å²) in [7, 11) is 1.62. The number of likely N-dealkylation sites (tertiary alicyclic amines) is 1. The Hall–Kier alpha value is -3.03. The molecule has 1 aliphatic rings.